The number of hydrogen-bond donors (Lipinski definition) is 0. The number of thiophene rings is 1. The summed E-state index contributed by atoms with van der Waals surface area (Å²) in [7, 11) is 0. The molecule has 4 heterocycles. The fraction of sp³-hybridized carbons (Fsp3) is 0.0385. The molecule has 0 amide bonds. The minimum absolute atomic E-state index is 0.673. The van der Waals surface area contributed by atoms with Gasteiger partial charge in [-0.2, -0.15) is 0 Å². The highest BCUT2D eigenvalue weighted by molar-refractivity contribution is 7.25. The maximum absolute atomic E-state index is 5.71. The molecule has 5 heteroatoms. The Kier molecular flexibility index (Phi) is 6.90. The number of aromatic nitrogens is 4. The Bertz CT molecular complexity index is 3610. The van der Waals surface area contributed by atoms with Gasteiger partial charge in [-0.1, -0.05) is 127 Å². The van der Waals surface area contributed by atoms with Crippen molar-refractivity contribution in [2.75, 3.05) is 0 Å². The lowest BCUT2D eigenvalue weighted by molar-refractivity contribution is 1.02. The van der Waals surface area contributed by atoms with Crippen molar-refractivity contribution in [3.63, 3.8) is 0 Å². The van der Waals surface area contributed by atoms with Crippen LogP contribution >= 0.6 is 11.3 Å². The monoisotopic (exact) mass is 746 g/mol. The molecule has 4 nitrogen and oxygen atoms in total. The lowest BCUT2D eigenvalue weighted by Gasteiger charge is -2.17. The summed E-state index contributed by atoms with van der Waals surface area (Å²) in [5.74, 6) is 0.673. The highest BCUT2D eigenvalue weighted by Crippen LogP contribution is 2.47. The molecule has 0 fully saturated rings. The van der Waals surface area contributed by atoms with Gasteiger partial charge in [-0.05, 0) is 83.8 Å². The molecule has 8 aromatic carbocycles. The predicted molar refractivity (Wildman–Crippen MR) is 241 cm³/mol. The third-order valence-electron chi connectivity index (χ3n) is 11.9. The van der Waals surface area contributed by atoms with Crippen molar-refractivity contribution in [1.82, 2.24) is 19.1 Å². The van der Waals surface area contributed by atoms with Crippen LogP contribution < -0.4 is 0 Å². The first-order chi connectivity index (χ1) is 28.1. The second-order valence-corrected chi connectivity index (χ2v) is 16.0. The number of benzene rings is 8. The zero-order chi connectivity index (χ0) is 37.8. The first-order valence-electron chi connectivity index (χ1n) is 19.4. The summed E-state index contributed by atoms with van der Waals surface area (Å²) in [6, 6.07) is 61.2. The van der Waals surface area contributed by atoms with Gasteiger partial charge in [-0.25, -0.2) is 9.97 Å². The third-order valence-corrected chi connectivity index (χ3v) is 13.0. The van der Waals surface area contributed by atoms with Crippen LogP contribution in [-0.4, -0.2) is 19.1 Å². The molecule has 0 aliphatic rings. The van der Waals surface area contributed by atoms with Crippen molar-refractivity contribution in [3.05, 3.63) is 181 Å². The molecule has 57 heavy (non-hydrogen) atoms. The molecule has 12 aromatic rings. The first-order valence-corrected chi connectivity index (χ1v) is 20.2. The van der Waals surface area contributed by atoms with E-state index in [1.165, 1.54) is 75.7 Å². The van der Waals surface area contributed by atoms with Crippen LogP contribution in [0.3, 0.4) is 0 Å². The van der Waals surface area contributed by atoms with Gasteiger partial charge in [0, 0.05) is 53.8 Å². The highest BCUT2D eigenvalue weighted by Gasteiger charge is 2.26. The van der Waals surface area contributed by atoms with Crippen LogP contribution in [0.1, 0.15) is 11.1 Å². The van der Waals surface area contributed by atoms with Crippen LogP contribution in [0, 0.1) is 13.8 Å². The van der Waals surface area contributed by atoms with Crippen LogP contribution in [0.2, 0.25) is 0 Å². The van der Waals surface area contributed by atoms with Gasteiger partial charge >= 0.3 is 0 Å². The molecule has 12 rings (SSSR count). The molecule has 0 saturated carbocycles. The van der Waals surface area contributed by atoms with Gasteiger partial charge in [0.25, 0.3) is 0 Å². The Morgan fingerprint density at radius 1 is 0.474 bits per heavy atom. The van der Waals surface area contributed by atoms with E-state index in [0.29, 0.717) is 5.95 Å². The third kappa shape index (κ3) is 4.61. The largest absolute Gasteiger partial charge is 0.309 e. The minimum atomic E-state index is 0.673. The Hall–Kier alpha value is -7.08. The zero-order valence-electron chi connectivity index (χ0n) is 31.4. The highest BCUT2D eigenvalue weighted by atomic mass is 32.1. The molecule has 0 aliphatic carbocycles. The fourth-order valence-electron chi connectivity index (χ4n) is 9.38. The lowest BCUT2D eigenvalue weighted by atomic mass is 9.89. The van der Waals surface area contributed by atoms with Gasteiger partial charge < -0.3 is 4.57 Å². The quantitative estimate of drug-likeness (QED) is 0.180. The summed E-state index contributed by atoms with van der Waals surface area (Å²) in [4.78, 5) is 12.2. The predicted octanol–water partition coefficient (Wildman–Crippen LogP) is 14.1. The smallest absolute Gasteiger partial charge is 0.236 e. The average molecular weight is 747 g/mol. The van der Waals surface area contributed by atoms with Crippen LogP contribution in [0.5, 0.6) is 0 Å². The molecule has 0 aliphatic heterocycles. The summed E-state index contributed by atoms with van der Waals surface area (Å²) in [5, 5.41) is 9.59. The lowest BCUT2D eigenvalue weighted by Crippen LogP contribution is -2.04. The van der Waals surface area contributed by atoms with Crippen molar-refractivity contribution < 1.29 is 0 Å². The SMILES string of the molecule is Cc1ccccc1-c1c(C)c2ccccc2c2c3ccccc3n(-c3nc(-c4ccc5c(c4)c4ccccc4n5-c4ccccc4)c4c(n3)sc3ccccc34)c12. The molecule has 0 N–H and O–H groups in total. The van der Waals surface area contributed by atoms with E-state index in [4.69, 9.17) is 9.97 Å². The van der Waals surface area contributed by atoms with Gasteiger partial charge in [0.1, 0.15) is 4.83 Å². The summed E-state index contributed by atoms with van der Waals surface area (Å²) in [6.45, 7) is 4.49. The summed E-state index contributed by atoms with van der Waals surface area (Å²) < 4.78 is 5.92. The Morgan fingerprint density at radius 3 is 1.91 bits per heavy atom. The molecular weight excluding hydrogens is 713 g/mol. The van der Waals surface area contributed by atoms with E-state index in [1.807, 2.05) is 0 Å². The summed E-state index contributed by atoms with van der Waals surface area (Å²) in [6.07, 6.45) is 0. The van der Waals surface area contributed by atoms with Gasteiger partial charge in [0.05, 0.1) is 27.8 Å². The van der Waals surface area contributed by atoms with Gasteiger partial charge in [-0.15, -0.1) is 11.3 Å². The van der Waals surface area contributed by atoms with Crippen molar-refractivity contribution in [3.8, 4) is 34.0 Å². The molecule has 0 saturated heterocycles. The van der Waals surface area contributed by atoms with Gasteiger partial charge in [0.15, 0.2) is 0 Å². The maximum Gasteiger partial charge on any atom is 0.236 e. The van der Waals surface area contributed by atoms with Gasteiger partial charge in [-0.3, -0.25) is 4.57 Å². The van der Waals surface area contributed by atoms with Crippen molar-refractivity contribution >= 4 is 86.0 Å². The van der Waals surface area contributed by atoms with E-state index in [0.717, 1.165) is 38.2 Å². The van der Waals surface area contributed by atoms with Crippen LogP contribution in [-0.2, 0) is 0 Å². The topological polar surface area (TPSA) is 35.6 Å². The standard InChI is InChI=1S/C52H34N4S/c1-31-16-6-7-19-35(31)46-32(2)36-20-8-9-22-38(36)47-39-23-11-14-26-43(39)56(50(46)47)52-53-49(48-40-24-12-15-27-45(40)57-51(48)54-52)33-28-29-44-41(30-33)37-21-10-13-25-42(37)55(44)34-17-4-3-5-18-34/h3-30H,1-2H3. The van der Waals surface area contributed by atoms with E-state index in [1.54, 1.807) is 11.3 Å². The number of fused-ring (bicyclic) bond motifs is 11. The van der Waals surface area contributed by atoms with E-state index < -0.39 is 0 Å². The molecule has 4 aromatic heterocycles. The maximum atomic E-state index is 5.71. The number of aryl methyl sites for hydroxylation is 2. The summed E-state index contributed by atoms with van der Waals surface area (Å²) >= 11 is 1.74. The first kappa shape index (κ1) is 32.2. The van der Waals surface area contributed by atoms with E-state index in [2.05, 4.69) is 193 Å². The minimum Gasteiger partial charge on any atom is -0.309 e. The second kappa shape index (κ2) is 12.2. The van der Waals surface area contributed by atoms with Crippen molar-refractivity contribution in [1.29, 1.82) is 0 Å². The molecule has 0 radical (unpaired) electrons. The zero-order valence-corrected chi connectivity index (χ0v) is 32.2. The molecule has 0 atom stereocenters. The number of hydrogen-bond acceptors (Lipinski definition) is 3. The number of para-hydroxylation sites is 3. The molecule has 0 bridgehead atoms. The van der Waals surface area contributed by atoms with E-state index in [-0.39, 0.29) is 0 Å². The van der Waals surface area contributed by atoms with Gasteiger partial charge in [0.2, 0.25) is 5.95 Å². The Morgan fingerprint density at radius 2 is 1.11 bits per heavy atom. The molecule has 0 unspecified atom stereocenters. The van der Waals surface area contributed by atoms with Crippen LogP contribution in [0.4, 0.5) is 0 Å². The van der Waals surface area contributed by atoms with E-state index >= 15 is 0 Å². The Labute approximate surface area is 332 Å². The second-order valence-electron chi connectivity index (χ2n) is 15.0. The van der Waals surface area contributed by atoms with Crippen molar-refractivity contribution in [2.24, 2.45) is 0 Å². The number of rotatable bonds is 4. The average Bonchev–Trinajstić information content (AvgIpc) is 3.92. The van der Waals surface area contributed by atoms with Crippen LogP contribution in [0.15, 0.2) is 170 Å². The van der Waals surface area contributed by atoms with Crippen molar-refractivity contribution in [2.45, 2.75) is 13.8 Å². The van der Waals surface area contributed by atoms with E-state index in [9.17, 15) is 0 Å². The molecule has 0 spiro atoms. The Balaban J connectivity index is 1.23. The molecular formula is C52H34N4S. The number of nitrogens with zero attached hydrogens (tertiary/aromatic N) is 4. The van der Waals surface area contributed by atoms with Crippen LogP contribution in [0.25, 0.3) is 109 Å². The fourth-order valence-corrected chi connectivity index (χ4v) is 10.4. The normalized spacial score (nSPS) is 12.0. The molecule has 268 valence electrons. The summed E-state index contributed by atoms with van der Waals surface area (Å²) in [5.41, 5.74) is 12.6.